The summed E-state index contributed by atoms with van der Waals surface area (Å²) < 4.78 is 8.02. The number of hydrazone groups is 1. The van der Waals surface area contributed by atoms with Crippen LogP contribution >= 0.6 is 11.8 Å². The molecule has 1 N–H and O–H groups in total. The van der Waals surface area contributed by atoms with Crippen molar-refractivity contribution in [3.8, 4) is 11.4 Å². The van der Waals surface area contributed by atoms with Crippen LogP contribution in [0.4, 0.5) is 0 Å². The number of hydrogen-bond acceptors (Lipinski definition) is 5. The second-order valence-corrected chi connectivity index (χ2v) is 10.2. The lowest BCUT2D eigenvalue weighted by Gasteiger charge is -2.20. The summed E-state index contributed by atoms with van der Waals surface area (Å²) in [6, 6.07) is 16.2. The molecule has 0 fully saturated rings. The quantitative estimate of drug-likeness (QED) is 0.457. The molecule has 0 unspecified atom stereocenters. The standard InChI is InChI=1S/C28H27N5O2S/c1-16-7-6-8-23(12-16)35-15-25-31-33-26(29)24(27(34)30-28(33)36-25)14-21-13-19(4)32(20(21)5)22-10-17(2)9-18(3)11-22/h6-14,29H,15H2,1-5H3/b24-14+,29-26?. The number of benzene rings is 2. The summed E-state index contributed by atoms with van der Waals surface area (Å²) in [4.78, 5) is 17.1. The number of aryl methyl sites for hydroxylation is 4. The van der Waals surface area contributed by atoms with Gasteiger partial charge in [0.1, 0.15) is 17.4 Å². The Balaban J connectivity index is 1.41. The number of amides is 1. The normalized spacial score (nSPS) is 16.4. The molecule has 1 aromatic heterocycles. The van der Waals surface area contributed by atoms with Crippen molar-refractivity contribution in [2.75, 3.05) is 6.61 Å². The Labute approximate surface area is 214 Å². The molecule has 0 bridgehead atoms. The van der Waals surface area contributed by atoms with Crippen LogP contribution in [0.15, 0.2) is 64.2 Å². The van der Waals surface area contributed by atoms with Gasteiger partial charge in [-0.2, -0.15) is 15.1 Å². The molecule has 182 valence electrons. The first kappa shape index (κ1) is 23.8. The summed E-state index contributed by atoms with van der Waals surface area (Å²) in [5.74, 6) is 0.321. The number of carbonyl (C=O) groups excluding carboxylic acids is 1. The van der Waals surface area contributed by atoms with Crippen molar-refractivity contribution in [1.29, 1.82) is 5.41 Å². The second kappa shape index (κ2) is 9.28. The minimum absolute atomic E-state index is 0.0132. The number of fused-ring (bicyclic) bond motifs is 1. The van der Waals surface area contributed by atoms with E-state index in [1.165, 1.54) is 27.9 Å². The topological polar surface area (TPSA) is 83.0 Å². The maximum absolute atomic E-state index is 12.9. The van der Waals surface area contributed by atoms with Gasteiger partial charge in [-0.25, -0.2) is 0 Å². The molecule has 0 saturated carbocycles. The van der Waals surface area contributed by atoms with Crippen LogP contribution in [0.25, 0.3) is 11.8 Å². The van der Waals surface area contributed by atoms with Crippen molar-refractivity contribution in [3.05, 3.63) is 87.7 Å². The highest BCUT2D eigenvalue weighted by molar-refractivity contribution is 8.27. The van der Waals surface area contributed by atoms with E-state index in [0.29, 0.717) is 10.2 Å². The number of nitrogens with zero attached hydrogens (tertiary/aromatic N) is 4. The lowest BCUT2D eigenvalue weighted by atomic mass is 10.1. The first-order valence-electron chi connectivity index (χ1n) is 11.7. The van der Waals surface area contributed by atoms with E-state index in [0.717, 1.165) is 34.0 Å². The van der Waals surface area contributed by atoms with Crippen molar-refractivity contribution in [2.24, 2.45) is 10.1 Å². The maximum Gasteiger partial charge on any atom is 0.283 e. The predicted octanol–water partition coefficient (Wildman–Crippen LogP) is 5.72. The number of amidine groups is 2. The Morgan fingerprint density at radius 3 is 2.47 bits per heavy atom. The number of rotatable bonds is 5. The van der Waals surface area contributed by atoms with E-state index in [1.54, 1.807) is 6.08 Å². The lowest BCUT2D eigenvalue weighted by molar-refractivity contribution is -0.114. The molecule has 36 heavy (non-hydrogen) atoms. The Bertz CT molecular complexity index is 1490. The number of ether oxygens (including phenoxy) is 1. The first-order chi connectivity index (χ1) is 17.2. The molecule has 0 saturated heterocycles. The van der Waals surface area contributed by atoms with Crippen LogP contribution < -0.4 is 4.74 Å². The Hall–Kier alpha value is -3.91. The van der Waals surface area contributed by atoms with Crippen LogP contribution in [0.2, 0.25) is 0 Å². The molecule has 2 aromatic carbocycles. The van der Waals surface area contributed by atoms with Gasteiger partial charge in [0.15, 0.2) is 5.84 Å². The molecule has 3 aromatic rings. The van der Waals surface area contributed by atoms with E-state index >= 15 is 0 Å². The third-order valence-corrected chi connectivity index (χ3v) is 6.96. The number of aromatic nitrogens is 1. The van der Waals surface area contributed by atoms with Crippen LogP contribution in [0, 0.1) is 40.0 Å². The van der Waals surface area contributed by atoms with Gasteiger partial charge in [0.2, 0.25) is 5.17 Å². The maximum atomic E-state index is 12.9. The van der Waals surface area contributed by atoms with E-state index in [2.05, 4.69) is 46.7 Å². The van der Waals surface area contributed by atoms with Crippen molar-refractivity contribution in [1.82, 2.24) is 9.58 Å². The number of thioether (sulfide) groups is 1. The smallest absolute Gasteiger partial charge is 0.283 e. The van der Waals surface area contributed by atoms with Gasteiger partial charge in [-0.05, 0) is 105 Å². The fourth-order valence-electron chi connectivity index (χ4n) is 4.51. The zero-order chi connectivity index (χ0) is 25.6. The SMILES string of the molecule is Cc1cccc(OCC2=NN3C(=N)/C(=C\c4cc(C)n(-c5cc(C)cc(C)c5)c4C)C(=O)N=C3S2)c1. The number of hydrogen-bond donors (Lipinski definition) is 1. The van der Waals surface area contributed by atoms with E-state index in [4.69, 9.17) is 10.1 Å². The van der Waals surface area contributed by atoms with Gasteiger partial charge in [0.05, 0.1) is 5.57 Å². The average molecular weight is 498 g/mol. The minimum atomic E-state index is -0.439. The van der Waals surface area contributed by atoms with Crippen LogP contribution in [0.1, 0.15) is 33.6 Å². The molecule has 0 spiro atoms. The molecule has 8 heteroatoms. The summed E-state index contributed by atoms with van der Waals surface area (Å²) >= 11 is 1.25. The van der Waals surface area contributed by atoms with Crippen molar-refractivity contribution >= 4 is 39.8 Å². The first-order valence-corrected chi connectivity index (χ1v) is 12.5. The number of aliphatic imine (C=N–C) groups is 1. The Morgan fingerprint density at radius 2 is 1.75 bits per heavy atom. The van der Waals surface area contributed by atoms with Crippen molar-refractivity contribution in [3.63, 3.8) is 0 Å². The third kappa shape index (κ3) is 4.52. The lowest BCUT2D eigenvalue weighted by Crippen LogP contribution is -2.35. The number of nitrogens with one attached hydrogen (secondary N) is 1. The highest BCUT2D eigenvalue weighted by Gasteiger charge is 2.36. The second-order valence-electron chi connectivity index (χ2n) is 9.13. The van der Waals surface area contributed by atoms with E-state index in [-0.39, 0.29) is 18.0 Å². The van der Waals surface area contributed by atoms with Gasteiger partial charge in [0.25, 0.3) is 5.91 Å². The van der Waals surface area contributed by atoms with Gasteiger partial charge in [0, 0.05) is 17.1 Å². The Morgan fingerprint density at radius 1 is 1.00 bits per heavy atom. The molecule has 1 amide bonds. The van der Waals surface area contributed by atoms with Crippen LogP contribution in [-0.4, -0.2) is 38.1 Å². The monoisotopic (exact) mass is 497 g/mol. The third-order valence-electron chi connectivity index (χ3n) is 6.08. The van der Waals surface area contributed by atoms with Gasteiger partial charge < -0.3 is 9.30 Å². The van der Waals surface area contributed by atoms with Crippen molar-refractivity contribution in [2.45, 2.75) is 34.6 Å². The molecule has 2 aliphatic heterocycles. The summed E-state index contributed by atoms with van der Waals surface area (Å²) in [7, 11) is 0. The summed E-state index contributed by atoms with van der Waals surface area (Å²) in [6.45, 7) is 10.5. The molecule has 3 heterocycles. The number of carbonyl (C=O) groups is 1. The molecule has 7 nitrogen and oxygen atoms in total. The Kier molecular flexibility index (Phi) is 6.14. The van der Waals surface area contributed by atoms with E-state index < -0.39 is 5.91 Å². The molecule has 0 atom stereocenters. The predicted molar refractivity (Wildman–Crippen MR) is 146 cm³/mol. The highest BCUT2D eigenvalue weighted by atomic mass is 32.2. The average Bonchev–Trinajstić information content (AvgIpc) is 3.34. The fraction of sp³-hybridized carbons (Fsp3) is 0.214. The summed E-state index contributed by atoms with van der Waals surface area (Å²) in [5, 5.41) is 15.6. The van der Waals surface area contributed by atoms with E-state index in [1.807, 2.05) is 51.1 Å². The van der Waals surface area contributed by atoms with Crippen LogP contribution in [0.5, 0.6) is 5.75 Å². The minimum Gasteiger partial charge on any atom is -0.487 e. The zero-order valence-electron chi connectivity index (χ0n) is 20.9. The summed E-state index contributed by atoms with van der Waals surface area (Å²) in [5.41, 5.74) is 7.69. The van der Waals surface area contributed by atoms with Gasteiger partial charge in [-0.15, -0.1) is 0 Å². The van der Waals surface area contributed by atoms with Gasteiger partial charge in [-0.1, -0.05) is 18.2 Å². The van der Waals surface area contributed by atoms with E-state index in [9.17, 15) is 4.79 Å². The molecular weight excluding hydrogens is 470 g/mol. The zero-order valence-corrected chi connectivity index (χ0v) is 21.7. The molecule has 5 rings (SSSR count). The fourth-order valence-corrected chi connectivity index (χ4v) is 5.30. The largest absolute Gasteiger partial charge is 0.487 e. The molecular formula is C28H27N5O2S. The van der Waals surface area contributed by atoms with Crippen molar-refractivity contribution < 1.29 is 9.53 Å². The van der Waals surface area contributed by atoms with Gasteiger partial charge >= 0.3 is 0 Å². The molecule has 0 radical (unpaired) electrons. The van der Waals surface area contributed by atoms with Gasteiger partial charge in [-0.3, -0.25) is 10.2 Å². The highest BCUT2D eigenvalue weighted by Crippen LogP contribution is 2.30. The molecule has 2 aliphatic rings. The summed E-state index contributed by atoms with van der Waals surface area (Å²) in [6.07, 6.45) is 1.74. The van der Waals surface area contributed by atoms with Crippen LogP contribution in [-0.2, 0) is 4.79 Å². The molecule has 0 aliphatic carbocycles. The van der Waals surface area contributed by atoms with Crippen LogP contribution in [0.3, 0.4) is 0 Å².